The summed E-state index contributed by atoms with van der Waals surface area (Å²) in [5.74, 6) is 0. The molecule has 0 nitrogen and oxygen atoms in total. The van der Waals surface area contributed by atoms with Crippen molar-refractivity contribution in [1.82, 2.24) is 0 Å². The summed E-state index contributed by atoms with van der Waals surface area (Å²) in [6, 6.07) is 49.0. The van der Waals surface area contributed by atoms with Gasteiger partial charge in [0.1, 0.15) is 0 Å². The fraction of sp³-hybridized carbons (Fsp3) is 0.0500. The first-order valence-electron chi connectivity index (χ1n) is 14.2. The lowest BCUT2D eigenvalue weighted by Gasteiger charge is -2.24. The van der Waals surface area contributed by atoms with E-state index in [1.165, 1.54) is 76.8 Å². The van der Waals surface area contributed by atoms with Crippen LogP contribution in [-0.4, -0.2) is 0 Å². The zero-order chi connectivity index (χ0) is 26.5. The Labute approximate surface area is 234 Å². The Balaban J connectivity index is 1.34. The second-order valence-corrected chi connectivity index (χ2v) is 10.8. The monoisotopic (exact) mass is 508 g/mol. The van der Waals surface area contributed by atoms with Crippen molar-refractivity contribution in [2.75, 3.05) is 0 Å². The van der Waals surface area contributed by atoms with Gasteiger partial charge in [-0.1, -0.05) is 140 Å². The van der Waals surface area contributed by atoms with E-state index in [2.05, 4.69) is 146 Å². The molecule has 0 unspecified atom stereocenters. The topological polar surface area (TPSA) is 0 Å². The number of rotatable bonds is 3. The van der Waals surface area contributed by atoms with E-state index in [4.69, 9.17) is 0 Å². The molecule has 0 amide bonds. The quantitative estimate of drug-likeness (QED) is 0.223. The normalized spacial score (nSPS) is 12.7. The molecule has 0 N–H and O–H groups in total. The molecule has 0 fully saturated rings. The maximum absolute atomic E-state index is 2.37. The molecule has 0 saturated heterocycles. The molecule has 0 heteroatoms. The van der Waals surface area contributed by atoms with Crippen molar-refractivity contribution in [2.24, 2.45) is 0 Å². The van der Waals surface area contributed by atoms with Gasteiger partial charge in [0.05, 0.1) is 0 Å². The highest BCUT2D eigenvalue weighted by Crippen LogP contribution is 2.45. The lowest BCUT2D eigenvalue weighted by molar-refractivity contribution is 0.991. The third-order valence-electron chi connectivity index (χ3n) is 8.52. The SMILES string of the molecule is C1=Cc2c(c(-c3ccc4ccccc4c3)c3ccccc3c2-c2ccc(-c3cccc4ccccc34)cc2)CC1. The molecule has 0 spiro atoms. The lowest BCUT2D eigenvalue weighted by Crippen LogP contribution is -2.02. The zero-order valence-corrected chi connectivity index (χ0v) is 22.3. The summed E-state index contributed by atoms with van der Waals surface area (Å²) >= 11 is 0. The largest absolute Gasteiger partial charge is 0.0836 e. The van der Waals surface area contributed by atoms with Crippen molar-refractivity contribution in [3.05, 3.63) is 151 Å². The third-order valence-corrected chi connectivity index (χ3v) is 8.52. The fourth-order valence-electron chi connectivity index (χ4n) is 6.66. The minimum absolute atomic E-state index is 1.06. The van der Waals surface area contributed by atoms with Gasteiger partial charge in [0.2, 0.25) is 0 Å². The molecule has 7 aromatic rings. The number of benzene rings is 7. The molecule has 0 bridgehead atoms. The minimum atomic E-state index is 1.06. The van der Waals surface area contributed by atoms with Gasteiger partial charge in [-0.25, -0.2) is 0 Å². The molecule has 1 aliphatic carbocycles. The number of allylic oxidation sites excluding steroid dienone is 1. The van der Waals surface area contributed by atoms with Crippen molar-refractivity contribution in [3.8, 4) is 33.4 Å². The molecular weight excluding hydrogens is 480 g/mol. The van der Waals surface area contributed by atoms with Crippen LogP contribution < -0.4 is 0 Å². The first-order valence-corrected chi connectivity index (χ1v) is 14.2. The van der Waals surface area contributed by atoms with Crippen LogP contribution in [0.15, 0.2) is 140 Å². The van der Waals surface area contributed by atoms with Crippen LogP contribution in [0.1, 0.15) is 17.5 Å². The van der Waals surface area contributed by atoms with Gasteiger partial charge in [-0.3, -0.25) is 0 Å². The molecule has 0 radical (unpaired) electrons. The Morgan fingerprint density at radius 1 is 0.425 bits per heavy atom. The predicted octanol–water partition coefficient (Wildman–Crippen LogP) is 11.1. The molecule has 1 aliphatic rings. The van der Waals surface area contributed by atoms with Crippen LogP contribution in [0.4, 0.5) is 0 Å². The average Bonchev–Trinajstić information content (AvgIpc) is 3.03. The molecule has 0 saturated carbocycles. The van der Waals surface area contributed by atoms with Crippen molar-refractivity contribution in [1.29, 1.82) is 0 Å². The summed E-state index contributed by atoms with van der Waals surface area (Å²) in [6.07, 6.45) is 6.84. The van der Waals surface area contributed by atoms with Crippen LogP contribution in [0.2, 0.25) is 0 Å². The van der Waals surface area contributed by atoms with Gasteiger partial charge in [0.25, 0.3) is 0 Å². The van der Waals surface area contributed by atoms with Crippen LogP contribution >= 0.6 is 0 Å². The van der Waals surface area contributed by atoms with E-state index >= 15 is 0 Å². The summed E-state index contributed by atoms with van der Waals surface area (Å²) in [5.41, 5.74) is 10.7. The second kappa shape index (κ2) is 9.36. The standard InChI is InChI=1S/C40H28/c1-2-12-31-26-32(25-20-27(31)10-1)40-37-17-7-5-15-35(37)39(36-16-6-8-18-38(36)40)30-23-21-29(22-24-30)34-19-9-13-28-11-3-4-14-33(28)34/h1-7,9-17,19-26H,8,18H2. The highest BCUT2D eigenvalue weighted by atomic mass is 14.2. The smallest absolute Gasteiger partial charge is 0.00297 e. The summed E-state index contributed by atoms with van der Waals surface area (Å²) in [7, 11) is 0. The highest BCUT2D eigenvalue weighted by molar-refractivity contribution is 6.11. The van der Waals surface area contributed by atoms with Gasteiger partial charge >= 0.3 is 0 Å². The van der Waals surface area contributed by atoms with E-state index < -0.39 is 0 Å². The summed E-state index contributed by atoms with van der Waals surface area (Å²) in [5, 5.41) is 7.79. The molecule has 0 atom stereocenters. The van der Waals surface area contributed by atoms with Crippen molar-refractivity contribution in [3.63, 3.8) is 0 Å². The Morgan fingerprint density at radius 3 is 1.88 bits per heavy atom. The molecule has 0 heterocycles. The van der Waals surface area contributed by atoms with Crippen molar-refractivity contribution >= 4 is 38.4 Å². The van der Waals surface area contributed by atoms with E-state index in [0.29, 0.717) is 0 Å². The zero-order valence-electron chi connectivity index (χ0n) is 22.3. The summed E-state index contributed by atoms with van der Waals surface area (Å²) in [6.45, 7) is 0. The van der Waals surface area contributed by atoms with Gasteiger partial charge in [0.15, 0.2) is 0 Å². The van der Waals surface area contributed by atoms with Gasteiger partial charge in [-0.15, -0.1) is 0 Å². The van der Waals surface area contributed by atoms with E-state index in [1.807, 2.05) is 0 Å². The van der Waals surface area contributed by atoms with Crippen LogP contribution in [-0.2, 0) is 6.42 Å². The Bertz CT molecular complexity index is 2090. The third kappa shape index (κ3) is 3.68. The van der Waals surface area contributed by atoms with Gasteiger partial charge in [0, 0.05) is 0 Å². The Kier molecular flexibility index (Phi) is 5.38. The number of fused-ring (bicyclic) bond motifs is 4. The number of hydrogen-bond acceptors (Lipinski definition) is 0. The first-order chi connectivity index (χ1) is 19.8. The number of hydrogen-bond donors (Lipinski definition) is 0. The van der Waals surface area contributed by atoms with Crippen molar-refractivity contribution < 1.29 is 0 Å². The average molecular weight is 509 g/mol. The summed E-state index contributed by atoms with van der Waals surface area (Å²) in [4.78, 5) is 0. The van der Waals surface area contributed by atoms with E-state index in [9.17, 15) is 0 Å². The summed E-state index contributed by atoms with van der Waals surface area (Å²) < 4.78 is 0. The molecule has 0 aliphatic heterocycles. The molecule has 7 aromatic carbocycles. The van der Waals surface area contributed by atoms with Gasteiger partial charge in [-0.05, 0) is 95.7 Å². The predicted molar refractivity (Wildman–Crippen MR) is 173 cm³/mol. The molecule has 8 rings (SSSR count). The maximum Gasteiger partial charge on any atom is -0.00297 e. The fourth-order valence-corrected chi connectivity index (χ4v) is 6.66. The first kappa shape index (κ1) is 23.0. The van der Waals surface area contributed by atoms with E-state index in [1.54, 1.807) is 0 Å². The molecule has 188 valence electrons. The van der Waals surface area contributed by atoms with Crippen molar-refractivity contribution in [2.45, 2.75) is 12.8 Å². The maximum atomic E-state index is 2.37. The minimum Gasteiger partial charge on any atom is -0.0836 e. The van der Waals surface area contributed by atoms with Crippen LogP contribution in [0, 0.1) is 0 Å². The van der Waals surface area contributed by atoms with Gasteiger partial charge in [-0.2, -0.15) is 0 Å². The molecular formula is C40H28. The van der Waals surface area contributed by atoms with Crippen LogP contribution in [0.5, 0.6) is 0 Å². The highest BCUT2D eigenvalue weighted by Gasteiger charge is 2.21. The molecule has 40 heavy (non-hydrogen) atoms. The Morgan fingerprint density at radius 2 is 1.05 bits per heavy atom. The van der Waals surface area contributed by atoms with E-state index in [0.717, 1.165) is 12.8 Å². The van der Waals surface area contributed by atoms with Crippen LogP contribution in [0.3, 0.4) is 0 Å². The second-order valence-electron chi connectivity index (χ2n) is 10.8. The lowest BCUT2D eigenvalue weighted by atomic mass is 9.80. The Hall–Kier alpha value is -4.94. The van der Waals surface area contributed by atoms with Gasteiger partial charge < -0.3 is 0 Å². The van der Waals surface area contributed by atoms with Crippen LogP contribution in [0.25, 0.3) is 71.8 Å². The molecule has 0 aromatic heterocycles. The van der Waals surface area contributed by atoms with E-state index in [-0.39, 0.29) is 0 Å².